The number of alkyl halides is 4. The van der Waals surface area contributed by atoms with Crippen molar-refractivity contribution in [3.05, 3.63) is 23.8 Å². The summed E-state index contributed by atoms with van der Waals surface area (Å²) in [7, 11) is 0. The molecule has 0 N–H and O–H groups in total. The minimum Gasteiger partial charge on any atom is -0.493 e. The van der Waals surface area contributed by atoms with E-state index in [9.17, 15) is 13.2 Å². The maximum atomic E-state index is 12.1. The molecule has 0 bridgehead atoms. The van der Waals surface area contributed by atoms with Gasteiger partial charge in [0.05, 0.1) is 6.61 Å². The highest BCUT2D eigenvalue weighted by molar-refractivity contribution is 6.17. The summed E-state index contributed by atoms with van der Waals surface area (Å²) < 4.78 is 45.4. The molecule has 6 heteroatoms. The first kappa shape index (κ1) is 15.0. The SMILES string of the molecule is CCOc1cc(OC(F)(F)F)ccc1CCCCl. The van der Waals surface area contributed by atoms with Gasteiger partial charge in [0.25, 0.3) is 0 Å². The number of halogens is 4. The molecule has 2 nitrogen and oxygen atoms in total. The van der Waals surface area contributed by atoms with Crippen LogP contribution in [0.25, 0.3) is 0 Å². The van der Waals surface area contributed by atoms with Crippen LogP contribution >= 0.6 is 11.6 Å². The lowest BCUT2D eigenvalue weighted by molar-refractivity contribution is -0.274. The molecule has 0 amide bonds. The maximum Gasteiger partial charge on any atom is 0.573 e. The van der Waals surface area contributed by atoms with Crippen molar-refractivity contribution in [2.75, 3.05) is 12.5 Å². The van der Waals surface area contributed by atoms with E-state index in [0.29, 0.717) is 24.7 Å². The summed E-state index contributed by atoms with van der Waals surface area (Å²) in [5, 5.41) is 0. The predicted molar refractivity (Wildman–Crippen MR) is 63.3 cm³/mol. The molecule has 0 aliphatic heterocycles. The maximum absolute atomic E-state index is 12.1. The Bertz CT molecular complexity index is 380. The van der Waals surface area contributed by atoms with Crippen molar-refractivity contribution in [2.45, 2.75) is 26.1 Å². The van der Waals surface area contributed by atoms with Crippen molar-refractivity contribution in [1.29, 1.82) is 0 Å². The molecule has 0 unspecified atom stereocenters. The van der Waals surface area contributed by atoms with Crippen molar-refractivity contribution in [1.82, 2.24) is 0 Å². The van der Waals surface area contributed by atoms with Crippen molar-refractivity contribution in [3.8, 4) is 11.5 Å². The lowest BCUT2D eigenvalue weighted by Gasteiger charge is -2.13. The molecule has 0 atom stereocenters. The van der Waals surface area contributed by atoms with Crippen LogP contribution < -0.4 is 9.47 Å². The van der Waals surface area contributed by atoms with Crippen LogP contribution in [0.15, 0.2) is 18.2 Å². The van der Waals surface area contributed by atoms with Crippen LogP contribution in [0.4, 0.5) is 13.2 Å². The number of ether oxygens (including phenoxy) is 2. The Kier molecular flexibility index (Phi) is 5.59. The van der Waals surface area contributed by atoms with E-state index in [-0.39, 0.29) is 5.75 Å². The zero-order valence-electron chi connectivity index (χ0n) is 9.89. The lowest BCUT2D eigenvalue weighted by Crippen LogP contribution is -2.17. The van der Waals surface area contributed by atoms with Crippen molar-refractivity contribution in [3.63, 3.8) is 0 Å². The molecule has 0 heterocycles. The summed E-state index contributed by atoms with van der Waals surface area (Å²) in [6, 6.07) is 4.10. The minimum atomic E-state index is -4.69. The zero-order chi connectivity index (χ0) is 13.6. The van der Waals surface area contributed by atoms with Crippen LogP contribution in [0.2, 0.25) is 0 Å². The molecule has 1 rings (SSSR count). The molecule has 0 aliphatic carbocycles. The van der Waals surface area contributed by atoms with Crippen molar-refractivity contribution < 1.29 is 22.6 Å². The quantitative estimate of drug-likeness (QED) is 0.730. The molecule has 0 spiro atoms. The molecule has 0 aliphatic rings. The van der Waals surface area contributed by atoms with Crippen LogP contribution in [0.1, 0.15) is 18.9 Å². The summed E-state index contributed by atoms with van der Waals surface area (Å²) in [6.45, 7) is 2.14. The number of hydrogen-bond acceptors (Lipinski definition) is 2. The molecule has 1 aromatic rings. The summed E-state index contributed by atoms with van der Waals surface area (Å²) in [6.07, 6.45) is -3.30. The lowest BCUT2D eigenvalue weighted by atomic mass is 10.1. The molecular formula is C12H14ClF3O2. The molecule has 1 aromatic carbocycles. The van der Waals surface area contributed by atoms with Gasteiger partial charge in [0.1, 0.15) is 11.5 Å². The Hall–Kier alpha value is -1.10. The van der Waals surface area contributed by atoms with Crippen LogP contribution in [-0.2, 0) is 6.42 Å². The fraction of sp³-hybridized carbons (Fsp3) is 0.500. The van der Waals surface area contributed by atoms with Gasteiger partial charge in [0.2, 0.25) is 0 Å². The Balaban J connectivity index is 2.88. The van der Waals surface area contributed by atoms with Gasteiger partial charge in [0.15, 0.2) is 0 Å². The first-order valence-corrected chi connectivity index (χ1v) is 6.07. The Morgan fingerprint density at radius 1 is 1.28 bits per heavy atom. The molecular weight excluding hydrogens is 269 g/mol. The fourth-order valence-corrected chi connectivity index (χ4v) is 1.62. The minimum absolute atomic E-state index is 0.277. The van der Waals surface area contributed by atoms with Crippen LogP contribution in [0, 0.1) is 0 Å². The van der Waals surface area contributed by atoms with Crippen LogP contribution in [0.3, 0.4) is 0 Å². The Morgan fingerprint density at radius 2 is 2.00 bits per heavy atom. The summed E-state index contributed by atoms with van der Waals surface area (Å²) in [4.78, 5) is 0. The van der Waals surface area contributed by atoms with E-state index in [2.05, 4.69) is 4.74 Å². The van der Waals surface area contributed by atoms with E-state index in [1.807, 2.05) is 0 Å². The largest absolute Gasteiger partial charge is 0.573 e. The topological polar surface area (TPSA) is 18.5 Å². The summed E-state index contributed by atoms with van der Waals surface area (Å²) >= 11 is 5.58. The van der Waals surface area contributed by atoms with Gasteiger partial charge < -0.3 is 9.47 Å². The van der Waals surface area contributed by atoms with Crippen molar-refractivity contribution >= 4 is 11.6 Å². The number of aryl methyl sites for hydroxylation is 1. The van der Waals surface area contributed by atoms with E-state index >= 15 is 0 Å². The average Bonchev–Trinajstić information content (AvgIpc) is 2.26. The van der Waals surface area contributed by atoms with Gasteiger partial charge in [-0.25, -0.2) is 0 Å². The Labute approximate surface area is 109 Å². The van der Waals surface area contributed by atoms with E-state index in [4.69, 9.17) is 16.3 Å². The first-order chi connectivity index (χ1) is 8.46. The summed E-state index contributed by atoms with van der Waals surface area (Å²) in [5.74, 6) is 0.622. The van der Waals surface area contributed by atoms with E-state index in [1.54, 1.807) is 13.0 Å². The normalized spacial score (nSPS) is 11.4. The van der Waals surface area contributed by atoms with Crippen LogP contribution in [-0.4, -0.2) is 18.8 Å². The second-order valence-corrected chi connectivity index (χ2v) is 3.92. The molecule has 0 aromatic heterocycles. The molecule has 102 valence electrons. The smallest absolute Gasteiger partial charge is 0.493 e. The van der Waals surface area contributed by atoms with Gasteiger partial charge in [-0.1, -0.05) is 6.07 Å². The van der Waals surface area contributed by atoms with E-state index in [0.717, 1.165) is 12.0 Å². The number of rotatable bonds is 6. The molecule has 0 fully saturated rings. The van der Waals surface area contributed by atoms with Crippen molar-refractivity contribution in [2.24, 2.45) is 0 Å². The van der Waals surface area contributed by atoms with E-state index in [1.165, 1.54) is 12.1 Å². The highest BCUT2D eigenvalue weighted by Gasteiger charge is 2.31. The molecule has 0 saturated carbocycles. The molecule has 0 saturated heterocycles. The molecule has 0 radical (unpaired) electrons. The average molecular weight is 283 g/mol. The molecule has 18 heavy (non-hydrogen) atoms. The summed E-state index contributed by atoms with van der Waals surface area (Å²) in [5.41, 5.74) is 0.826. The van der Waals surface area contributed by atoms with Crippen LogP contribution in [0.5, 0.6) is 11.5 Å². The second-order valence-electron chi connectivity index (χ2n) is 3.54. The highest BCUT2D eigenvalue weighted by atomic mass is 35.5. The van der Waals surface area contributed by atoms with Gasteiger partial charge in [0, 0.05) is 11.9 Å². The van der Waals surface area contributed by atoms with Gasteiger partial charge in [-0.2, -0.15) is 0 Å². The van der Waals surface area contributed by atoms with Gasteiger partial charge in [-0.15, -0.1) is 24.8 Å². The third kappa shape index (κ3) is 5.04. The Morgan fingerprint density at radius 3 is 2.56 bits per heavy atom. The highest BCUT2D eigenvalue weighted by Crippen LogP contribution is 2.29. The third-order valence-electron chi connectivity index (χ3n) is 2.15. The first-order valence-electron chi connectivity index (χ1n) is 5.53. The van der Waals surface area contributed by atoms with Gasteiger partial charge >= 0.3 is 6.36 Å². The van der Waals surface area contributed by atoms with Gasteiger partial charge in [-0.05, 0) is 31.4 Å². The standard InChI is InChI=1S/C12H14ClF3O2/c1-2-17-11-8-10(18-12(14,15)16)6-5-9(11)4-3-7-13/h5-6,8H,2-4,7H2,1H3. The number of hydrogen-bond donors (Lipinski definition) is 0. The fourth-order valence-electron chi connectivity index (χ4n) is 1.49. The number of benzene rings is 1. The van der Waals surface area contributed by atoms with E-state index < -0.39 is 6.36 Å². The zero-order valence-corrected chi connectivity index (χ0v) is 10.6. The third-order valence-corrected chi connectivity index (χ3v) is 2.42. The van der Waals surface area contributed by atoms with Gasteiger partial charge in [-0.3, -0.25) is 0 Å². The monoisotopic (exact) mass is 282 g/mol. The predicted octanol–water partition coefficient (Wildman–Crippen LogP) is 4.16. The second kappa shape index (κ2) is 6.73.